The van der Waals surface area contributed by atoms with Gasteiger partial charge in [-0.05, 0) is 51.4 Å². The van der Waals surface area contributed by atoms with Crippen LogP contribution in [0.1, 0.15) is 26.3 Å². The molecule has 1 aromatic rings. The lowest BCUT2D eigenvalue weighted by atomic mass is 10.1. The highest BCUT2D eigenvalue weighted by atomic mass is 79.9. The summed E-state index contributed by atoms with van der Waals surface area (Å²) in [7, 11) is 0. The fourth-order valence-electron chi connectivity index (χ4n) is 1.53. The third-order valence-electron chi connectivity index (χ3n) is 2.46. The van der Waals surface area contributed by atoms with Gasteiger partial charge in [0.2, 0.25) is 0 Å². The second-order valence-corrected chi connectivity index (χ2v) is 6.22. The van der Waals surface area contributed by atoms with Crippen molar-refractivity contribution in [3.05, 3.63) is 34.3 Å². The molecular weight excluding hydrogens is 276 g/mol. The highest BCUT2D eigenvalue weighted by Gasteiger charge is 2.06. The van der Waals surface area contributed by atoms with E-state index in [1.54, 1.807) is 0 Å². The minimum atomic E-state index is 0.216. The zero-order valence-corrected chi connectivity index (χ0v) is 12.6. The zero-order valence-electron chi connectivity index (χ0n) is 11.0. The van der Waals surface area contributed by atoms with Gasteiger partial charge in [-0.1, -0.05) is 28.1 Å². The van der Waals surface area contributed by atoms with Gasteiger partial charge < -0.3 is 10.6 Å². The monoisotopic (exact) mass is 298 g/mol. The van der Waals surface area contributed by atoms with Gasteiger partial charge in [0.25, 0.3) is 0 Å². The molecule has 0 heterocycles. The Balaban J connectivity index is 2.07. The van der Waals surface area contributed by atoms with E-state index in [-0.39, 0.29) is 5.54 Å². The Morgan fingerprint density at radius 1 is 1.00 bits per heavy atom. The highest BCUT2D eigenvalue weighted by molar-refractivity contribution is 9.10. The molecule has 0 aliphatic heterocycles. The lowest BCUT2D eigenvalue weighted by molar-refractivity contribution is 0.422. The summed E-state index contributed by atoms with van der Waals surface area (Å²) in [5, 5.41) is 6.91. The van der Waals surface area contributed by atoms with Crippen LogP contribution in [0.5, 0.6) is 0 Å². The van der Waals surface area contributed by atoms with Crippen LogP contribution in [0, 0.1) is 0 Å². The highest BCUT2D eigenvalue weighted by Crippen LogP contribution is 2.10. The summed E-state index contributed by atoms with van der Waals surface area (Å²) in [5.41, 5.74) is 1.59. The minimum absolute atomic E-state index is 0.216. The van der Waals surface area contributed by atoms with Crippen LogP contribution < -0.4 is 10.6 Å². The second kappa shape index (κ2) is 7.14. The maximum atomic E-state index is 3.46. The van der Waals surface area contributed by atoms with Crippen LogP contribution in [0.3, 0.4) is 0 Å². The van der Waals surface area contributed by atoms with Crippen molar-refractivity contribution in [2.75, 3.05) is 19.6 Å². The van der Waals surface area contributed by atoms with Crippen LogP contribution in [0.15, 0.2) is 28.7 Å². The van der Waals surface area contributed by atoms with Gasteiger partial charge in [-0.15, -0.1) is 0 Å². The van der Waals surface area contributed by atoms with Crippen molar-refractivity contribution < 1.29 is 0 Å². The van der Waals surface area contributed by atoms with E-state index in [2.05, 4.69) is 71.6 Å². The molecule has 3 heteroatoms. The summed E-state index contributed by atoms with van der Waals surface area (Å²) in [5.74, 6) is 0. The summed E-state index contributed by atoms with van der Waals surface area (Å²) in [6.45, 7) is 9.64. The molecule has 0 spiro atoms. The number of hydrogen-bond donors (Lipinski definition) is 2. The molecule has 0 aliphatic carbocycles. The summed E-state index contributed by atoms with van der Waals surface area (Å²) >= 11 is 3.44. The third kappa shape index (κ3) is 7.53. The Hall–Kier alpha value is -0.380. The molecule has 0 radical (unpaired) electrons. The Morgan fingerprint density at radius 3 is 2.24 bits per heavy atom. The number of halogens is 1. The Bertz CT molecular complexity index is 314. The summed E-state index contributed by atoms with van der Waals surface area (Å²) in [6.07, 6.45) is 1.09. The van der Waals surface area contributed by atoms with Crippen LogP contribution >= 0.6 is 15.9 Å². The summed E-state index contributed by atoms with van der Waals surface area (Å²) in [6, 6.07) is 8.52. The summed E-state index contributed by atoms with van der Waals surface area (Å²) in [4.78, 5) is 0. The first-order valence-corrected chi connectivity index (χ1v) is 6.97. The lowest BCUT2D eigenvalue weighted by Gasteiger charge is -2.20. The Morgan fingerprint density at radius 2 is 1.65 bits per heavy atom. The van der Waals surface area contributed by atoms with Gasteiger partial charge in [-0.25, -0.2) is 0 Å². The lowest BCUT2D eigenvalue weighted by Crippen LogP contribution is -2.40. The molecule has 0 saturated carbocycles. The molecule has 0 aliphatic rings. The zero-order chi connectivity index (χ0) is 12.7. The van der Waals surface area contributed by atoms with Crippen LogP contribution in [-0.4, -0.2) is 25.2 Å². The fraction of sp³-hybridized carbons (Fsp3) is 0.571. The van der Waals surface area contributed by atoms with Gasteiger partial charge in [0.05, 0.1) is 0 Å². The molecule has 0 amide bonds. The quantitative estimate of drug-likeness (QED) is 0.789. The van der Waals surface area contributed by atoms with E-state index < -0.39 is 0 Å². The van der Waals surface area contributed by atoms with Gasteiger partial charge in [0, 0.05) is 23.1 Å². The van der Waals surface area contributed by atoms with E-state index in [1.165, 1.54) is 5.56 Å². The number of nitrogens with one attached hydrogen (secondary N) is 2. The van der Waals surface area contributed by atoms with Crippen LogP contribution in [-0.2, 0) is 6.42 Å². The molecule has 1 rings (SSSR count). The van der Waals surface area contributed by atoms with Crippen molar-refractivity contribution in [1.29, 1.82) is 0 Å². The van der Waals surface area contributed by atoms with Crippen molar-refractivity contribution in [3.8, 4) is 0 Å². The summed E-state index contributed by atoms with van der Waals surface area (Å²) < 4.78 is 1.14. The molecule has 0 aromatic heterocycles. The molecule has 2 N–H and O–H groups in total. The van der Waals surface area contributed by atoms with Crippen molar-refractivity contribution in [2.45, 2.75) is 32.7 Å². The second-order valence-electron chi connectivity index (χ2n) is 5.30. The van der Waals surface area contributed by atoms with Crippen LogP contribution in [0.25, 0.3) is 0 Å². The van der Waals surface area contributed by atoms with Crippen molar-refractivity contribution in [1.82, 2.24) is 10.6 Å². The number of rotatable bonds is 6. The fourth-order valence-corrected chi connectivity index (χ4v) is 1.80. The standard InChI is InChI=1S/C14H23BrN2/c1-14(2,3)17-11-10-16-9-8-12-4-6-13(15)7-5-12/h4-7,16-17H,8-11H2,1-3H3. The number of benzene rings is 1. The third-order valence-corrected chi connectivity index (χ3v) is 2.99. The predicted octanol–water partition coefficient (Wildman–Crippen LogP) is 2.97. The molecule has 2 nitrogen and oxygen atoms in total. The first kappa shape index (κ1) is 14.7. The van der Waals surface area contributed by atoms with E-state index in [4.69, 9.17) is 0 Å². The average molecular weight is 299 g/mol. The van der Waals surface area contributed by atoms with E-state index in [0.29, 0.717) is 0 Å². The Labute approximate surface area is 113 Å². The molecule has 0 unspecified atom stereocenters. The van der Waals surface area contributed by atoms with Crippen LogP contribution in [0.2, 0.25) is 0 Å². The van der Waals surface area contributed by atoms with Gasteiger partial charge in [0.15, 0.2) is 0 Å². The first-order chi connectivity index (χ1) is 7.97. The van der Waals surface area contributed by atoms with Crippen molar-refractivity contribution in [2.24, 2.45) is 0 Å². The van der Waals surface area contributed by atoms with Gasteiger partial charge in [0.1, 0.15) is 0 Å². The van der Waals surface area contributed by atoms with Crippen LogP contribution in [0.4, 0.5) is 0 Å². The van der Waals surface area contributed by atoms with Gasteiger partial charge in [-0.3, -0.25) is 0 Å². The number of hydrogen-bond acceptors (Lipinski definition) is 2. The maximum absolute atomic E-state index is 3.46. The maximum Gasteiger partial charge on any atom is 0.0175 e. The van der Waals surface area contributed by atoms with E-state index in [0.717, 1.165) is 30.5 Å². The molecule has 17 heavy (non-hydrogen) atoms. The van der Waals surface area contributed by atoms with Crippen molar-refractivity contribution >= 4 is 15.9 Å². The molecule has 0 saturated heterocycles. The topological polar surface area (TPSA) is 24.1 Å². The average Bonchev–Trinajstić information content (AvgIpc) is 2.24. The van der Waals surface area contributed by atoms with Gasteiger partial charge >= 0.3 is 0 Å². The van der Waals surface area contributed by atoms with E-state index in [9.17, 15) is 0 Å². The minimum Gasteiger partial charge on any atom is -0.315 e. The SMILES string of the molecule is CC(C)(C)NCCNCCc1ccc(Br)cc1. The predicted molar refractivity (Wildman–Crippen MR) is 78.5 cm³/mol. The molecular formula is C14H23BrN2. The Kier molecular flexibility index (Phi) is 6.17. The normalized spacial score (nSPS) is 11.8. The molecule has 1 aromatic carbocycles. The van der Waals surface area contributed by atoms with Crippen molar-refractivity contribution in [3.63, 3.8) is 0 Å². The molecule has 0 bridgehead atoms. The van der Waals surface area contributed by atoms with Gasteiger partial charge in [-0.2, -0.15) is 0 Å². The largest absolute Gasteiger partial charge is 0.315 e. The molecule has 0 atom stereocenters. The van der Waals surface area contributed by atoms with E-state index >= 15 is 0 Å². The first-order valence-electron chi connectivity index (χ1n) is 6.17. The molecule has 0 fully saturated rings. The molecule has 96 valence electrons. The smallest absolute Gasteiger partial charge is 0.0175 e. The van der Waals surface area contributed by atoms with E-state index in [1.807, 2.05) is 0 Å².